The Morgan fingerprint density at radius 2 is 1.70 bits per heavy atom. The van der Waals surface area contributed by atoms with Crippen LogP contribution in [-0.4, -0.2) is 41.7 Å². The summed E-state index contributed by atoms with van der Waals surface area (Å²) in [7, 11) is 3.00. The number of carbonyl (C=O) groups excluding carboxylic acids is 2. The molecule has 0 aliphatic carbocycles. The number of rotatable bonds is 5. The molecule has 0 radical (unpaired) electrons. The van der Waals surface area contributed by atoms with Gasteiger partial charge < -0.3 is 14.2 Å². The number of nitro groups is 1. The highest BCUT2D eigenvalue weighted by molar-refractivity contribution is 6.06. The number of fused-ring (bicyclic) bond motifs is 1. The lowest BCUT2D eigenvalue weighted by Gasteiger charge is -2.24. The second kappa shape index (κ2) is 9.11. The summed E-state index contributed by atoms with van der Waals surface area (Å²) in [5.74, 6) is 0.183. The van der Waals surface area contributed by atoms with Crippen LogP contribution in [0.15, 0.2) is 48.5 Å². The number of nitrogens with zero attached hydrogens (tertiary/aromatic N) is 3. The highest BCUT2D eigenvalue weighted by Gasteiger charge is 2.23. The van der Waals surface area contributed by atoms with Crippen LogP contribution in [0.1, 0.15) is 31.1 Å². The standard InChI is InChI=1S/C23H23N3O7/c1-23(2,3)33-22(28)25(4)19-13-11-16-17(10-12-18(31-5)20(16)24-19)21(27)32-15-8-6-14(7-9-15)26(29)30/h6-13H,1-5H3. The first-order valence-corrected chi connectivity index (χ1v) is 9.91. The van der Waals surface area contributed by atoms with Gasteiger partial charge in [-0.2, -0.15) is 0 Å². The van der Waals surface area contributed by atoms with Crippen molar-refractivity contribution in [3.8, 4) is 11.5 Å². The number of methoxy groups -OCH3 is 1. The highest BCUT2D eigenvalue weighted by Crippen LogP contribution is 2.30. The SMILES string of the molecule is COc1ccc(C(=O)Oc2ccc([N+](=O)[O-])cc2)c2ccc(N(C)C(=O)OC(C)(C)C)nc12. The predicted octanol–water partition coefficient (Wildman–Crippen LogP) is 4.74. The average Bonchev–Trinajstić information content (AvgIpc) is 2.76. The van der Waals surface area contributed by atoms with Crippen molar-refractivity contribution >= 4 is 34.5 Å². The van der Waals surface area contributed by atoms with Crippen LogP contribution in [0.4, 0.5) is 16.3 Å². The van der Waals surface area contributed by atoms with Gasteiger partial charge in [0.1, 0.15) is 28.4 Å². The van der Waals surface area contributed by atoms with Gasteiger partial charge in [-0.1, -0.05) is 0 Å². The van der Waals surface area contributed by atoms with Gasteiger partial charge in [-0.3, -0.25) is 15.0 Å². The number of hydrogen-bond donors (Lipinski definition) is 0. The number of ether oxygens (including phenoxy) is 3. The van der Waals surface area contributed by atoms with E-state index in [9.17, 15) is 19.7 Å². The molecule has 0 saturated carbocycles. The topological polar surface area (TPSA) is 121 Å². The maximum atomic E-state index is 12.8. The van der Waals surface area contributed by atoms with Gasteiger partial charge in [0, 0.05) is 24.6 Å². The van der Waals surface area contributed by atoms with Gasteiger partial charge >= 0.3 is 12.1 Å². The first kappa shape index (κ1) is 23.5. The van der Waals surface area contributed by atoms with Crippen LogP contribution in [0.3, 0.4) is 0 Å². The van der Waals surface area contributed by atoms with Crippen molar-refractivity contribution in [2.24, 2.45) is 0 Å². The zero-order valence-corrected chi connectivity index (χ0v) is 18.8. The molecule has 0 N–H and O–H groups in total. The fourth-order valence-electron chi connectivity index (χ4n) is 2.93. The molecule has 0 unspecified atom stereocenters. The molecule has 3 aromatic rings. The van der Waals surface area contributed by atoms with Crippen molar-refractivity contribution < 1.29 is 28.7 Å². The Morgan fingerprint density at radius 3 is 2.27 bits per heavy atom. The van der Waals surface area contributed by atoms with Gasteiger partial charge in [0.05, 0.1) is 17.6 Å². The Hall–Kier alpha value is -4.21. The van der Waals surface area contributed by atoms with Crippen molar-refractivity contribution in [3.05, 3.63) is 64.2 Å². The molecule has 10 nitrogen and oxygen atoms in total. The molecular weight excluding hydrogens is 430 g/mol. The summed E-state index contributed by atoms with van der Waals surface area (Å²) in [6.07, 6.45) is -0.581. The molecular formula is C23H23N3O7. The van der Waals surface area contributed by atoms with E-state index < -0.39 is 22.6 Å². The van der Waals surface area contributed by atoms with Crippen molar-refractivity contribution in [2.75, 3.05) is 19.1 Å². The number of anilines is 1. The molecule has 0 atom stereocenters. The minimum Gasteiger partial charge on any atom is -0.494 e. The number of esters is 1. The maximum Gasteiger partial charge on any atom is 0.415 e. The Bertz CT molecular complexity index is 1220. The summed E-state index contributed by atoms with van der Waals surface area (Å²) >= 11 is 0. The second-order valence-electron chi connectivity index (χ2n) is 8.06. The monoisotopic (exact) mass is 453 g/mol. The number of aromatic nitrogens is 1. The van der Waals surface area contributed by atoms with E-state index in [0.717, 1.165) is 0 Å². The minimum atomic E-state index is -0.674. The molecule has 0 aliphatic heterocycles. The van der Waals surface area contributed by atoms with Crippen molar-refractivity contribution in [2.45, 2.75) is 26.4 Å². The van der Waals surface area contributed by atoms with E-state index in [1.54, 1.807) is 39.0 Å². The number of benzene rings is 2. The van der Waals surface area contributed by atoms with Crippen molar-refractivity contribution in [1.29, 1.82) is 0 Å². The number of non-ortho nitro benzene ring substituents is 1. The summed E-state index contributed by atoms with van der Waals surface area (Å²) in [4.78, 5) is 41.2. The average molecular weight is 453 g/mol. The molecule has 0 saturated heterocycles. The van der Waals surface area contributed by atoms with Gasteiger partial charge in [0.25, 0.3) is 5.69 Å². The summed E-state index contributed by atoms with van der Waals surface area (Å²) in [6.45, 7) is 5.29. The maximum absolute atomic E-state index is 12.8. The number of nitro benzene ring substituents is 1. The van der Waals surface area contributed by atoms with Gasteiger partial charge in [-0.25, -0.2) is 14.6 Å². The van der Waals surface area contributed by atoms with Gasteiger partial charge in [0.2, 0.25) is 0 Å². The van der Waals surface area contributed by atoms with E-state index in [1.807, 2.05) is 0 Å². The lowest BCUT2D eigenvalue weighted by Crippen LogP contribution is -2.34. The Kier molecular flexibility index (Phi) is 6.47. The van der Waals surface area contributed by atoms with Crippen LogP contribution >= 0.6 is 0 Å². The molecule has 0 spiro atoms. The Labute approximate surface area is 189 Å². The van der Waals surface area contributed by atoms with E-state index in [-0.39, 0.29) is 17.0 Å². The van der Waals surface area contributed by atoms with E-state index >= 15 is 0 Å². The van der Waals surface area contributed by atoms with Crippen LogP contribution in [0, 0.1) is 10.1 Å². The molecule has 1 heterocycles. The third-order valence-corrected chi connectivity index (χ3v) is 4.51. The molecule has 10 heteroatoms. The van der Waals surface area contributed by atoms with E-state index in [0.29, 0.717) is 22.5 Å². The summed E-state index contributed by atoms with van der Waals surface area (Å²) in [6, 6.07) is 11.5. The second-order valence-corrected chi connectivity index (χ2v) is 8.06. The first-order valence-electron chi connectivity index (χ1n) is 9.91. The van der Waals surface area contributed by atoms with Crippen LogP contribution in [0.2, 0.25) is 0 Å². The van der Waals surface area contributed by atoms with Crippen LogP contribution in [0.5, 0.6) is 11.5 Å². The summed E-state index contributed by atoms with van der Waals surface area (Å²) < 4.78 is 16.1. The third kappa shape index (κ3) is 5.35. The number of pyridine rings is 1. The van der Waals surface area contributed by atoms with Gasteiger partial charge in [-0.05, 0) is 57.2 Å². The molecule has 1 amide bonds. The normalized spacial score (nSPS) is 11.1. The van der Waals surface area contributed by atoms with Crippen LogP contribution in [0.25, 0.3) is 10.9 Å². The molecule has 172 valence electrons. The molecule has 0 bridgehead atoms. The summed E-state index contributed by atoms with van der Waals surface area (Å²) in [5, 5.41) is 11.2. The molecule has 3 rings (SSSR count). The van der Waals surface area contributed by atoms with Gasteiger partial charge in [0.15, 0.2) is 0 Å². The molecule has 1 aromatic heterocycles. The predicted molar refractivity (Wildman–Crippen MR) is 121 cm³/mol. The smallest absolute Gasteiger partial charge is 0.415 e. The lowest BCUT2D eigenvalue weighted by atomic mass is 10.1. The first-order chi connectivity index (χ1) is 15.5. The number of hydrogen-bond acceptors (Lipinski definition) is 8. The number of carbonyl (C=O) groups is 2. The van der Waals surface area contributed by atoms with Crippen molar-refractivity contribution in [1.82, 2.24) is 4.98 Å². The molecule has 33 heavy (non-hydrogen) atoms. The van der Waals surface area contributed by atoms with Gasteiger partial charge in [-0.15, -0.1) is 0 Å². The molecule has 0 aliphatic rings. The van der Waals surface area contributed by atoms with E-state index in [1.165, 1.54) is 49.4 Å². The largest absolute Gasteiger partial charge is 0.494 e. The summed E-state index contributed by atoms with van der Waals surface area (Å²) in [5.41, 5.74) is -0.225. The fourth-order valence-corrected chi connectivity index (χ4v) is 2.93. The van der Waals surface area contributed by atoms with Crippen molar-refractivity contribution in [3.63, 3.8) is 0 Å². The zero-order chi connectivity index (χ0) is 24.3. The highest BCUT2D eigenvalue weighted by atomic mass is 16.6. The number of amides is 1. The quantitative estimate of drug-likeness (QED) is 0.235. The lowest BCUT2D eigenvalue weighted by molar-refractivity contribution is -0.384. The Morgan fingerprint density at radius 1 is 1.03 bits per heavy atom. The third-order valence-electron chi connectivity index (χ3n) is 4.51. The van der Waals surface area contributed by atoms with Crippen LogP contribution < -0.4 is 14.4 Å². The zero-order valence-electron chi connectivity index (χ0n) is 18.8. The minimum absolute atomic E-state index is 0.115. The Balaban J connectivity index is 1.94. The fraction of sp³-hybridized carbons (Fsp3) is 0.261. The van der Waals surface area contributed by atoms with E-state index in [2.05, 4.69) is 4.98 Å². The van der Waals surface area contributed by atoms with Crippen LogP contribution in [-0.2, 0) is 4.74 Å². The van der Waals surface area contributed by atoms with E-state index in [4.69, 9.17) is 14.2 Å². The molecule has 2 aromatic carbocycles. The molecule has 0 fully saturated rings.